The van der Waals surface area contributed by atoms with Crippen LogP contribution in [-0.2, 0) is 6.42 Å². The largest absolute Gasteiger partial charge is 0.369 e. The van der Waals surface area contributed by atoms with E-state index in [1.54, 1.807) is 11.3 Å². The number of rotatable bonds is 4. The third-order valence-electron chi connectivity index (χ3n) is 3.80. The van der Waals surface area contributed by atoms with Crippen LogP contribution in [0.2, 0.25) is 0 Å². The lowest BCUT2D eigenvalue weighted by Gasteiger charge is -2.46. The molecule has 2 N–H and O–H groups in total. The van der Waals surface area contributed by atoms with Crippen molar-refractivity contribution in [3.05, 3.63) is 33.4 Å². The van der Waals surface area contributed by atoms with Crippen LogP contribution in [0.15, 0.2) is 29.3 Å². The van der Waals surface area contributed by atoms with Crippen molar-refractivity contribution in [2.24, 2.45) is 10.4 Å². The molecule has 20 heavy (non-hydrogen) atoms. The highest BCUT2D eigenvalue weighted by atomic mass is 127. The molecule has 2 rings (SSSR count). The lowest BCUT2D eigenvalue weighted by Crippen LogP contribution is -2.60. The maximum Gasteiger partial charge on any atom is 0.157 e. The maximum absolute atomic E-state index is 11.1. The van der Waals surface area contributed by atoms with Crippen molar-refractivity contribution in [1.82, 2.24) is 10.4 Å². The molecule has 0 amide bonds. The first-order valence-electron chi connectivity index (χ1n) is 6.82. The summed E-state index contributed by atoms with van der Waals surface area (Å²) in [6.07, 6.45) is 3.17. The Balaban J connectivity index is 2.12. The van der Waals surface area contributed by atoms with Gasteiger partial charge in [-0.3, -0.25) is 10.0 Å². The number of aryl methyl sites for hydroxylation is 1. The van der Waals surface area contributed by atoms with Crippen molar-refractivity contribution in [3.63, 3.8) is 0 Å². The first-order chi connectivity index (χ1) is 9.33. The van der Waals surface area contributed by atoms with Crippen molar-refractivity contribution in [2.45, 2.75) is 39.3 Å². The summed E-state index contributed by atoms with van der Waals surface area (Å²) in [6, 6.07) is 8.44. The van der Waals surface area contributed by atoms with E-state index in [4.69, 9.17) is 0 Å². The van der Waals surface area contributed by atoms with Crippen molar-refractivity contribution in [1.29, 1.82) is 0 Å². The highest BCUT2D eigenvalue weighted by Gasteiger charge is 2.45. The predicted octanol–water partition coefficient (Wildman–Crippen LogP) is 2.76. The lowest BCUT2D eigenvalue weighted by molar-refractivity contribution is -0.165. The number of hydrogen-bond donors (Lipinski definition) is 2. The second kappa shape index (κ2) is 5.99. The van der Waals surface area contributed by atoms with Gasteiger partial charge in [-0.15, -0.1) is 0 Å². The topological polar surface area (TPSA) is 47.9 Å². The van der Waals surface area contributed by atoms with E-state index in [1.165, 1.54) is 9.13 Å². The fraction of sp³-hybridized carbons (Fsp3) is 0.533. The zero-order valence-electron chi connectivity index (χ0n) is 12.2. The monoisotopic (exact) mass is 387 g/mol. The Morgan fingerprint density at radius 3 is 2.45 bits per heavy atom. The predicted molar refractivity (Wildman–Crippen MR) is 90.2 cm³/mol. The van der Waals surface area contributed by atoms with Gasteiger partial charge in [0, 0.05) is 15.4 Å². The molecule has 0 spiro atoms. The number of halogens is 1. The van der Waals surface area contributed by atoms with Gasteiger partial charge >= 0.3 is 0 Å². The van der Waals surface area contributed by atoms with Crippen LogP contribution in [0.3, 0.4) is 0 Å². The van der Waals surface area contributed by atoms with Crippen molar-refractivity contribution in [3.8, 4) is 0 Å². The number of aliphatic hydroxyl groups is 1. The van der Waals surface area contributed by atoms with Crippen LogP contribution in [0, 0.1) is 8.99 Å². The summed E-state index contributed by atoms with van der Waals surface area (Å²) in [5, 5.41) is 12.9. The van der Waals surface area contributed by atoms with Crippen molar-refractivity contribution in [2.75, 3.05) is 6.67 Å². The molecule has 0 aliphatic carbocycles. The first kappa shape index (κ1) is 15.7. The van der Waals surface area contributed by atoms with Gasteiger partial charge in [0.05, 0.1) is 0 Å². The van der Waals surface area contributed by atoms with Crippen LogP contribution < -0.4 is 5.43 Å². The lowest BCUT2D eigenvalue weighted by atomic mass is 9.79. The van der Waals surface area contributed by atoms with Gasteiger partial charge < -0.3 is 5.11 Å². The minimum atomic E-state index is -0.962. The molecule has 0 aromatic heterocycles. The zero-order chi connectivity index (χ0) is 14.8. The van der Waals surface area contributed by atoms with Gasteiger partial charge in [-0.05, 0) is 46.7 Å². The summed E-state index contributed by atoms with van der Waals surface area (Å²) in [7, 11) is 0. The molecule has 110 valence electrons. The van der Waals surface area contributed by atoms with E-state index in [-0.39, 0.29) is 5.41 Å². The molecule has 1 atom stereocenters. The van der Waals surface area contributed by atoms with E-state index >= 15 is 0 Å². The molecule has 4 nitrogen and oxygen atoms in total. The first-order valence-corrected chi connectivity index (χ1v) is 7.90. The SMILES string of the molecule is CC(C)(C)C(O)(CCc1ccc(I)cc1)N1C=NCN1. The van der Waals surface area contributed by atoms with Crippen LogP contribution >= 0.6 is 22.6 Å². The van der Waals surface area contributed by atoms with Gasteiger partial charge in [-0.2, -0.15) is 0 Å². The van der Waals surface area contributed by atoms with Gasteiger partial charge in [0.25, 0.3) is 0 Å². The fourth-order valence-electron chi connectivity index (χ4n) is 2.33. The van der Waals surface area contributed by atoms with Gasteiger partial charge in [0.2, 0.25) is 0 Å². The molecule has 0 bridgehead atoms. The van der Waals surface area contributed by atoms with E-state index in [2.05, 4.69) is 78.0 Å². The Kier molecular flexibility index (Phi) is 4.71. The summed E-state index contributed by atoms with van der Waals surface area (Å²) in [6.45, 7) is 6.68. The van der Waals surface area contributed by atoms with Crippen LogP contribution in [0.1, 0.15) is 32.8 Å². The molecule has 1 aliphatic heterocycles. The minimum absolute atomic E-state index is 0.278. The molecule has 5 heteroatoms. The Bertz CT molecular complexity index is 481. The maximum atomic E-state index is 11.1. The minimum Gasteiger partial charge on any atom is -0.369 e. The van der Waals surface area contributed by atoms with E-state index in [0.717, 1.165) is 6.42 Å². The summed E-state index contributed by atoms with van der Waals surface area (Å²) in [5.74, 6) is 0. The van der Waals surface area contributed by atoms with Gasteiger partial charge in [0.1, 0.15) is 13.0 Å². The Morgan fingerprint density at radius 2 is 1.95 bits per heavy atom. The molecule has 0 fully saturated rings. The van der Waals surface area contributed by atoms with E-state index in [0.29, 0.717) is 13.1 Å². The molecule has 1 aromatic carbocycles. The Labute approximate surface area is 134 Å². The highest BCUT2D eigenvalue weighted by molar-refractivity contribution is 14.1. The molecular formula is C15H22IN3O. The highest BCUT2D eigenvalue weighted by Crippen LogP contribution is 2.36. The molecule has 0 radical (unpaired) electrons. The Morgan fingerprint density at radius 1 is 1.30 bits per heavy atom. The standard InChI is InChI=1S/C15H22IN3O/c1-14(2,3)15(20,19-11-17-10-18-19)9-8-12-4-6-13(16)7-5-12/h4-7,11,18,20H,8-10H2,1-3H3. The van der Waals surface area contributed by atoms with Crippen molar-refractivity contribution < 1.29 is 5.11 Å². The van der Waals surface area contributed by atoms with Crippen LogP contribution in [0.5, 0.6) is 0 Å². The third-order valence-corrected chi connectivity index (χ3v) is 4.52. The number of hydrogen-bond acceptors (Lipinski definition) is 4. The number of nitrogens with one attached hydrogen (secondary N) is 1. The van der Waals surface area contributed by atoms with Crippen LogP contribution in [0.4, 0.5) is 0 Å². The smallest absolute Gasteiger partial charge is 0.157 e. The second-order valence-corrected chi connectivity index (χ2v) is 7.42. The number of hydrazine groups is 1. The molecule has 1 aliphatic rings. The number of benzene rings is 1. The molecule has 0 saturated carbocycles. The molecule has 1 heterocycles. The average molecular weight is 387 g/mol. The number of nitrogens with zero attached hydrogens (tertiary/aromatic N) is 2. The Hall–Kier alpha value is -0.660. The summed E-state index contributed by atoms with van der Waals surface area (Å²) in [4.78, 5) is 4.14. The fourth-order valence-corrected chi connectivity index (χ4v) is 2.69. The summed E-state index contributed by atoms with van der Waals surface area (Å²) < 4.78 is 1.23. The second-order valence-electron chi connectivity index (χ2n) is 6.18. The third kappa shape index (κ3) is 3.32. The average Bonchev–Trinajstić information content (AvgIpc) is 2.90. The van der Waals surface area contributed by atoms with Crippen LogP contribution in [0.25, 0.3) is 0 Å². The van der Waals surface area contributed by atoms with Gasteiger partial charge in [-0.1, -0.05) is 32.9 Å². The summed E-state index contributed by atoms with van der Waals surface area (Å²) >= 11 is 2.30. The summed E-state index contributed by atoms with van der Waals surface area (Å²) in [5.41, 5.74) is 3.11. The molecule has 1 aromatic rings. The van der Waals surface area contributed by atoms with Gasteiger partial charge in [0.15, 0.2) is 5.72 Å². The van der Waals surface area contributed by atoms with E-state index in [1.807, 2.05) is 0 Å². The van der Waals surface area contributed by atoms with E-state index in [9.17, 15) is 5.11 Å². The molecule has 0 saturated heterocycles. The quantitative estimate of drug-likeness (QED) is 0.782. The number of aliphatic imine (C=N–C) groups is 1. The molecule has 1 unspecified atom stereocenters. The van der Waals surface area contributed by atoms with Crippen molar-refractivity contribution >= 4 is 28.9 Å². The normalized spacial score (nSPS) is 18.4. The van der Waals surface area contributed by atoms with E-state index < -0.39 is 5.72 Å². The van der Waals surface area contributed by atoms with Gasteiger partial charge in [-0.25, -0.2) is 5.43 Å². The zero-order valence-corrected chi connectivity index (χ0v) is 14.4. The molecular weight excluding hydrogens is 365 g/mol. The van der Waals surface area contributed by atoms with Crippen LogP contribution in [-0.4, -0.2) is 28.8 Å².